The van der Waals surface area contributed by atoms with E-state index in [1.165, 1.54) is 18.4 Å². The van der Waals surface area contributed by atoms with E-state index in [4.69, 9.17) is 0 Å². The zero-order valence-corrected chi connectivity index (χ0v) is 10.4. The predicted octanol–water partition coefficient (Wildman–Crippen LogP) is 3.78. The first-order chi connectivity index (χ1) is 6.49. The molecule has 1 N–H and O–H groups in total. The minimum atomic E-state index is -0.184. The van der Waals surface area contributed by atoms with Gasteiger partial charge in [0, 0.05) is 5.92 Å². The minimum Gasteiger partial charge on any atom is -0.392 e. The first kappa shape index (κ1) is 13.7. The van der Waals surface area contributed by atoms with Crippen molar-refractivity contribution in [1.82, 2.24) is 0 Å². The van der Waals surface area contributed by atoms with E-state index in [1.54, 1.807) is 0 Å². The Labute approximate surface area is 89.2 Å². The van der Waals surface area contributed by atoms with E-state index in [1.807, 2.05) is 0 Å². The predicted molar refractivity (Wildman–Crippen MR) is 63.3 cm³/mol. The lowest BCUT2D eigenvalue weighted by atomic mass is 9.88. The van der Waals surface area contributed by atoms with Crippen molar-refractivity contribution in [3.63, 3.8) is 0 Å². The Bertz CT molecular complexity index is 166. The van der Waals surface area contributed by atoms with Crippen LogP contribution in [-0.2, 0) is 0 Å². The summed E-state index contributed by atoms with van der Waals surface area (Å²) in [5.74, 6) is 0.701. The first-order valence-electron chi connectivity index (χ1n) is 5.82. The monoisotopic (exact) mass is 198 g/mol. The zero-order valence-electron chi connectivity index (χ0n) is 10.4. The van der Waals surface area contributed by atoms with Gasteiger partial charge in [0.2, 0.25) is 0 Å². The van der Waals surface area contributed by atoms with Crippen LogP contribution in [0.2, 0.25) is 0 Å². The number of aliphatic hydroxyl groups is 1. The van der Waals surface area contributed by atoms with Crippen molar-refractivity contribution in [2.24, 2.45) is 11.8 Å². The van der Waals surface area contributed by atoms with Gasteiger partial charge in [-0.1, -0.05) is 45.3 Å². The van der Waals surface area contributed by atoms with Gasteiger partial charge in [-0.15, -0.1) is 0 Å². The summed E-state index contributed by atoms with van der Waals surface area (Å²) in [7, 11) is 0. The zero-order chi connectivity index (χ0) is 11.1. The van der Waals surface area contributed by atoms with Crippen LogP contribution in [0.25, 0.3) is 0 Å². The topological polar surface area (TPSA) is 20.2 Å². The van der Waals surface area contributed by atoms with Crippen LogP contribution in [-0.4, -0.2) is 11.2 Å². The van der Waals surface area contributed by atoms with Crippen LogP contribution < -0.4 is 0 Å². The van der Waals surface area contributed by atoms with Gasteiger partial charge < -0.3 is 5.11 Å². The summed E-state index contributed by atoms with van der Waals surface area (Å²) in [6.45, 7) is 10.6. The normalized spacial score (nSPS) is 15.4. The molecule has 0 aromatic carbocycles. The number of hydrogen-bond donors (Lipinski definition) is 1. The van der Waals surface area contributed by atoms with E-state index in [0.29, 0.717) is 11.8 Å². The van der Waals surface area contributed by atoms with Crippen LogP contribution in [0.15, 0.2) is 11.6 Å². The second kappa shape index (κ2) is 7.05. The smallest absolute Gasteiger partial charge is 0.0625 e. The molecule has 0 heterocycles. The van der Waals surface area contributed by atoms with Gasteiger partial charge in [-0.2, -0.15) is 0 Å². The molecule has 0 amide bonds. The maximum Gasteiger partial charge on any atom is 0.0625 e. The highest BCUT2D eigenvalue weighted by atomic mass is 16.3. The van der Waals surface area contributed by atoms with Crippen LogP contribution in [0.4, 0.5) is 0 Å². The summed E-state index contributed by atoms with van der Waals surface area (Å²) in [6.07, 6.45) is 5.56. The summed E-state index contributed by atoms with van der Waals surface area (Å²) in [5, 5.41) is 10.0. The fourth-order valence-corrected chi connectivity index (χ4v) is 1.72. The average molecular weight is 198 g/mol. The van der Waals surface area contributed by atoms with Gasteiger partial charge in [-0.05, 0) is 26.2 Å². The highest BCUT2D eigenvalue weighted by molar-refractivity contribution is 5.00. The molecule has 0 spiro atoms. The molecule has 0 aliphatic carbocycles. The highest BCUT2D eigenvalue weighted by Gasteiger charge is 2.19. The van der Waals surface area contributed by atoms with E-state index >= 15 is 0 Å². The lowest BCUT2D eigenvalue weighted by Crippen LogP contribution is -2.24. The second-order valence-corrected chi connectivity index (χ2v) is 4.78. The molecule has 14 heavy (non-hydrogen) atoms. The number of hydrogen-bond acceptors (Lipinski definition) is 1. The molecular weight excluding hydrogens is 172 g/mol. The van der Waals surface area contributed by atoms with Gasteiger partial charge in [-0.25, -0.2) is 0 Å². The van der Waals surface area contributed by atoms with Gasteiger partial charge in [0.25, 0.3) is 0 Å². The summed E-state index contributed by atoms with van der Waals surface area (Å²) in [5.41, 5.74) is 1.31. The number of allylic oxidation sites excluding steroid dienone is 1. The van der Waals surface area contributed by atoms with Gasteiger partial charge in [0.05, 0.1) is 6.10 Å². The molecule has 84 valence electrons. The Morgan fingerprint density at radius 2 is 1.86 bits per heavy atom. The van der Waals surface area contributed by atoms with Crippen molar-refractivity contribution < 1.29 is 5.11 Å². The van der Waals surface area contributed by atoms with Gasteiger partial charge in [0.15, 0.2) is 0 Å². The maximum atomic E-state index is 10.0. The molecule has 0 rings (SSSR count). The van der Waals surface area contributed by atoms with Crippen LogP contribution in [0.1, 0.15) is 53.9 Å². The largest absolute Gasteiger partial charge is 0.392 e. The standard InChI is InChI=1S/C13H26O/c1-6-7-8-12(9-10(2)3)13(14)11(4)5/h9,11-14H,6-8H2,1-5H3/t12-,13-/m0/s1. The van der Waals surface area contributed by atoms with E-state index in [0.717, 1.165) is 6.42 Å². The Balaban J connectivity index is 4.30. The molecule has 0 aromatic rings. The number of unbranched alkanes of at least 4 members (excludes halogenated alkanes) is 1. The molecule has 0 aromatic heterocycles. The Morgan fingerprint density at radius 1 is 1.29 bits per heavy atom. The van der Waals surface area contributed by atoms with Crippen molar-refractivity contribution in [2.75, 3.05) is 0 Å². The minimum absolute atomic E-state index is 0.184. The van der Waals surface area contributed by atoms with Gasteiger partial charge >= 0.3 is 0 Å². The Hall–Kier alpha value is -0.300. The Morgan fingerprint density at radius 3 is 2.21 bits per heavy atom. The molecule has 0 unspecified atom stereocenters. The summed E-state index contributed by atoms with van der Waals surface area (Å²) in [4.78, 5) is 0. The fraction of sp³-hybridized carbons (Fsp3) is 0.846. The maximum absolute atomic E-state index is 10.0. The summed E-state index contributed by atoms with van der Waals surface area (Å²) >= 11 is 0. The van der Waals surface area contributed by atoms with E-state index < -0.39 is 0 Å². The van der Waals surface area contributed by atoms with Crippen molar-refractivity contribution in [2.45, 2.75) is 60.0 Å². The van der Waals surface area contributed by atoms with Crippen molar-refractivity contribution in [1.29, 1.82) is 0 Å². The molecule has 0 aliphatic rings. The van der Waals surface area contributed by atoms with E-state index in [-0.39, 0.29) is 6.10 Å². The third-order valence-electron chi connectivity index (χ3n) is 2.56. The van der Waals surface area contributed by atoms with Gasteiger partial charge in [0.1, 0.15) is 0 Å². The molecule has 0 saturated carbocycles. The molecule has 0 bridgehead atoms. The molecular formula is C13H26O. The van der Waals surface area contributed by atoms with Crippen LogP contribution in [0.5, 0.6) is 0 Å². The molecule has 2 atom stereocenters. The summed E-state index contributed by atoms with van der Waals surface area (Å²) in [6, 6.07) is 0. The summed E-state index contributed by atoms with van der Waals surface area (Å²) < 4.78 is 0. The molecule has 0 saturated heterocycles. The fourth-order valence-electron chi connectivity index (χ4n) is 1.72. The molecule has 0 aliphatic heterocycles. The molecule has 0 fully saturated rings. The average Bonchev–Trinajstić information content (AvgIpc) is 2.10. The second-order valence-electron chi connectivity index (χ2n) is 4.78. The number of aliphatic hydroxyl groups excluding tert-OH is 1. The van der Waals surface area contributed by atoms with Crippen molar-refractivity contribution >= 4 is 0 Å². The van der Waals surface area contributed by atoms with E-state index in [9.17, 15) is 5.11 Å². The van der Waals surface area contributed by atoms with Crippen LogP contribution >= 0.6 is 0 Å². The molecule has 1 nitrogen and oxygen atoms in total. The number of rotatable bonds is 6. The lowest BCUT2D eigenvalue weighted by Gasteiger charge is -2.23. The van der Waals surface area contributed by atoms with Crippen molar-refractivity contribution in [3.05, 3.63) is 11.6 Å². The van der Waals surface area contributed by atoms with Crippen LogP contribution in [0, 0.1) is 11.8 Å². The third kappa shape index (κ3) is 5.43. The van der Waals surface area contributed by atoms with Crippen LogP contribution in [0.3, 0.4) is 0 Å². The quantitative estimate of drug-likeness (QED) is 0.644. The molecule has 0 radical (unpaired) electrons. The first-order valence-corrected chi connectivity index (χ1v) is 5.82. The van der Waals surface area contributed by atoms with E-state index in [2.05, 4.69) is 40.7 Å². The third-order valence-corrected chi connectivity index (χ3v) is 2.56. The van der Waals surface area contributed by atoms with Gasteiger partial charge in [-0.3, -0.25) is 0 Å². The Kier molecular flexibility index (Phi) is 6.90. The SMILES string of the molecule is CCCC[C@@H](C=C(C)C)[C@@H](O)C(C)C. The lowest BCUT2D eigenvalue weighted by molar-refractivity contribution is 0.0793. The highest BCUT2D eigenvalue weighted by Crippen LogP contribution is 2.21. The van der Waals surface area contributed by atoms with Crippen molar-refractivity contribution in [3.8, 4) is 0 Å². The molecule has 1 heteroatoms.